The summed E-state index contributed by atoms with van der Waals surface area (Å²) >= 11 is 0. The minimum absolute atomic E-state index is 0.0125. The van der Waals surface area contributed by atoms with Gasteiger partial charge in [-0.25, -0.2) is 8.78 Å². The van der Waals surface area contributed by atoms with Crippen LogP contribution in [-0.2, 0) is 9.47 Å². The Kier molecular flexibility index (Phi) is 6.70. The Balaban J connectivity index is 1.79. The lowest BCUT2D eigenvalue weighted by atomic mass is 10.0. The minimum Gasteiger partial charge on any atom is -0.387 e. The molecule has 0 aliphatic carbocycles. The first-order valence-electron chi connectivity index (χ1n) is 7.56. The monoisotopic (exact) mass is 315 g/mol. The predicted molar refractivity (Wildman–Crippen MR) is 78.6 cm³/mol. The maximum atomic E-state index is 13.6. The van der Waals surface area contributed by atoms with Gasteiger partial charge in [0, 0.05) is 32.3 Å². The first-order chi connectivity index (χ1) is 10.6. The van der Waals surface area contributed by atoms with E-state index < -0.39 is 17.7 Å². The molecular weight excluding hydrogens is 292 g/mol. The molecule has 1 heterocycles. The summed E-state index contributed by atoms with van der Waals surface area (Å²) < 4.78 is 37.4. The number of piperidine rings is 1. The largest absolute Gasteiger partial charge is 0.387 e. The Morgan fingerprint density at radius 2 is 2.00 bits per heavy atom. The molecule has 1 saturated heterocycles. The second kappa shape index (κ2) is 8.53. The molecule has 1 aliphatic rings. The van der Waals surface area contributed by atoms with Crippen LogP contribution in [0.15, 0.2) is 18.2 Å². The third-order valence-corrected chi connectivity index (χ3v) is 3.92. The molecule has 2 rings (SSSR count). The van der Waals surface area contributed by atoms with Crippen LogP contribution in [0.2, 0.25) is 0 Å². The summed E-state index contributed by atoms with van der Waals surface area (Å²) in [6, 6.07) is 3.15. The zero-order valence-corrected chi connectivity index (χ0v) is 12.8. The predicted octanol–water partition coefficient (Wildman–Crippen LogP) is 2.13. The number of ether oxygens (including phenoxy) is 2. The highest BCUT2D eigenvalue weighted by Crippen LogP contribution is 2.21. The van der Waals surface area contributed by atoms with Gasteiger partial charge >= 0.3 is 0 Å². The molecule has 6 heteroatoms. The number of halogens is 2. The van der Waals surface area contributed by atoms with Gasteiger partial charge in [0.2, 0.25) is 0 Å². The number of hydrogen-bond donors (Lipinski definition) is 1. The Hall–Kier alpha value is -1.08. The summed E-state index contributed by atoms with van der Waals surface area (Å²) in [5.41, 5.74) is 0.0125. The van der Waals surface area contributed by atoms with Crippen LogP contribution < -0.4 is 0 Å². The molecule has 1 aliphatic heterocycles. The fourth-order valence-electron chi connectivity index (χ4n) is 2.67. The number of β-amino-alcohol motifs (C(OH)–C–C–N with tert-alkyl or cyclic N) is 1. The first kappa shape index (κ1) is 17.3. The van der Waals surface area contributed by atoms with Crippen molar-refractivity contribution in [2.24, 2.45) is 0 Å². The van der Waals surface area contributed by atoms with E-state index in [-0.39, 0.29) is 11.7 Å². The van der Waals surface area contributed by atoms with Crippen molar-refractivity contribution in [3.05, 3.63) is 35.4 Å². The molecule has 4 nitrogen and oxygen atoms in total. The van der Waals surface area contributed by atoms with Gasteiger partial charge in [0.15, 0.2) is 0 Å². The number of likely N-dealkylation sites (tertiary alicyclic amines) is 1. The average Bonchev–Trinajstić information content (AvgIpc) is 2.51. The van der Waals surface area contributed by atoms with E-state index in [4.69, 9.17) is 9.47 Å². The molecule has 0 saturated carbocycles. The quantitative estimate of drug-likeness (QED) is 0.783. The summed E-state index contributed by atoms with van der Waals surface area (Å²) in [5.74, 6) is -1.12. The van der Waals surface area contributed by atoms with E-state index in [0.29, 0.717) is 19.8 Å². The molecule has 22 heavy (non-hydrogen) atoms. The van der Waals surface area contributed by atoms with Gasteiger partial charge in [-0.1, -0.05) is 0 Å². The van der Waals surface area contributed by atoms with Crippen LogP contribution >= 0.6 is 0 Å². The normalized spacial score (nSPS) is 18.5. The van der Waals surface area contributed by atoms with E-state index in [1.807, 2.05) is 4.90 Å². The summed E-state index contributed by atoms with van der Waals surface area (Å²) in [4.78, 5) is 2.05. The smallest absolute Gasteiger partial charge is 0.129 e. The number of hydrogen-bond acceptors (Lipinski definition) is 4. The van der Waals surface area contributed by atoms with Gasteiger partial charge in [0.05, 0.1) is 25.4 Å². The van der Waals surface area contributed by atoms with Crippen LogP contribution in [0, 0.1) is 11.6 Å². The zero-order valence-electron chi connectivity index (χ0n) is 12.8. The van der Waals surface area contributed by atoms with E-state index in [9.17, 15) is 13.9 Å². The highest BCUT2D eigenvalue weighted by molar-refractivity contribution is 5.21. The van der Waals surface area contributed by atoms with Gasteiger partial charge in [-0.2, -0.15) is 0 Å². The molecule has 1 atom stereocenters. The minimum atomic E-state index is -1.03. The molecule has 124 valence electrons. The fraction of sp³-hybridized carbons (Fsp3) is 0.625. The van der Waals surface area contributed by atoms with Crippen molar-refractivity contribution in [1.29, 1.82) is 0 Å². The van der Waals surface area contributed by atoms with Crippen molar-refractivity contribution < 1.29 is 23.4 Å². The van der Waals surface area contributed by atoms with Gasteiger partial charge in [0.25, 0.3) is 0 Å². The van der Waals surface area contributed by atoms with Crippen LogP contribution in [0.1, 0.15) is 24.5 Å². The fourth-order valence-corrected chi connectivity index (χ4v) is 2.67. The lowest BCUT2D eigenvalue weighted by molar-refractivity contribution is -0.0209. The van der Waals surface area contributed by atoms with E-state index in [1.165, 1.54) is 0 Å². The average molecular weight is 315 g/mol. The maximum Gasteiger partial charge on any atom is 0.129 e. The summed E-state index contributed by atoms with van der Waals surface area (Å²) in [6.07, 6.45) is 0.903. The lowest BCUT2D eigenvalue weighted by Crippen LogP contribution is -2.39. The second-order valence-electron chi connectivity index (χ2n) is 5.55. The third kappa shape index (κ3) is 4.98. The summed E-state index contributed by atoms with van der Waals surface area (Å²) in [7, 11) is 1.64. The van der Waals surface area contributed by atoms with E-state index >= 15 is 0 Å². The molecule has 1 unspecified atom stereocenters. The molecule has 1 aromatic rings. The van der Waals surface area contributed by atoms with Crippen molar-refractivity contribution in [1.82, 2.24) is 4.90 Å². The SMILES string of the molecule is COCCOC1CCN(CC(O)c2cc(F)ccc2F)CC1. The summed E-state index contributed by atoms with van der Waals surface area (Å²) in [5, 5.41) is 10.1. The van der Waals surface area contributed by atoms with Gasteiger partial charge in [-0.05, 0) is 31.0 Å². The van der Waals surface area contributed by atoms with Crippen LogP contribution in [0.4, 0.5) is 8.78 Å². The number of aliphatic hydroxyl groups excluding tert-OH is 1. The lowest BCUT2D eigenvalue weighted by Gasteiger charge is -2.33. The number of methoxy groups -OCH3 is 1. The molecule has 1 N–H and O–H groups in total. The molecule has 0 aromatic heterocycles. The van der Waals surface area contributed by atoms with Gasteiger partial charge < -0.3 is 19.5 Å². The molecule has 0 spiro atoms. The maximum absolute atomic E-state index is 13.6. The standard InChI is InChI=1S/C16H23F2NO3/c1-21-8-9-22-13-4-6-19(7-5-13)11-16(20)14-10-12(17)2-3-15(14)18/h2-3,10,13,16,20H,4-9,11H2,1H3. The molecule has 0 radical (unpaired) electrons. The van der Waals surface area contributed by atoms with Crippen molar-refractivity contribution in [2.45, 2.75) is 25.0 Å². The van der Waals surface area contributed by atoms with Crippen molar-refractivity contribution in [3.63, 3.8) is 0 Å². The van der Waals surface area contributed by atoms with Crippen molar-refractivity contribution >= 4 is 0 Å². The molecular formula is C16H23F2NO3. The second-order valence-corrected chi connectivity index (χ2v) is 5.55. The topological polar surface area (TPSA) is 41.9 Å². The number of benzene rings is 1. The van der Waals surface area contributed by atoms with Gasteiger partial charge in [0.1, 0.15) is 11.6 Å². The molecule has 1 aromatic carbocycles. The van der Waals surface area contributed by atoms with Crippen LogP contribution in [0.25, 0.3) is 0 Å². The third-order valence-electron chi connectivity index (χ3n) is 3.92. The number of nitrogens with zero attached hydrogens (tertiary/aromatic N) is 1. The van der Waals surface area contributed by atoms with E-state index in [2.05, 4.69) is 0 Å². The molecule has 1 fully saturated rings. The number of aliphatic hydroxyl groups is 1. The highest BCUT2D eigenvalue weighted by Gasteiger charge is 2.23. The van der Waals surface area contributed by atoms with Crippen LogP contribution in [0.3, 0.4) is 0 Å². The number of rotatable bonds is 7. The highest BCUT2D eigenvalue weighted by atomic mass is 19.1. The first-order valence-corrected chi connectivity index (χ1v) is 7.56. The van der Waals surface area contributed by atoms with Crippen LogP contribution in [-0.4, -0.2) is 56.1 Å². The Labute approximate surface area is 129 Å². The van der Waals surface area contributed by atoms with E-state index in [1.54, 1.807) is 7.11 Å². The van der Waals surface area contributed by atoms with Crippen molar-refractivity contribution in [2.75, 3.05) is 40.0 Å². The Bertz CT molecular complexity index is 465. The Morgan fingerprint density at radius 1 is 1.27 bits per heavy atom. The van der Waals surface area contributed by atoms with Crippen LogP contribution in [0.5, 0.6) is 0 Å². The van der Waals surface area contributed by atoms with Gasteiger partial charge in [-0.3, -0.25) is 0 Å². The molecule has 0 bridgehead atoms. The Morgan fingerprint density at radius 3 is 2.68 bits per heavy atom. The zero-order chi connectivity index (χ0) is 15.9. The summed E-state index contributed by atoms with van der Waals surface area (Å²) in [6.45, 7) is 3.00. The van der Waals surface area contributed by atoms with E-state index in [0.717, 1.165) is 44.1 Å². The van der Waals surface area contributed by atoms with Gasteiger partial charge in [-0.15, -0.1) is 0 Å². The van der Waals surface area contributed by atoms with Crippen molar-refractivity contribution in [3.8, 4) is 0 Å². The molecule has 0 amide bonds.